The number of hydrogen-bond donors (Lipinski definition) is 3. The predicted molar refractivity (Wildman–Crippen MR) is 167 cm³/mol. The Balaban J connectivity index is 1.40. The van der Waals surface area contributed by atoms with Crippen LogP contribution < -0.4 is 5.32 Å². The number of nitro benzene ring substituents is 1. The van der Waals surface area contributed by atoms with Crippen LogP contribution in [-0.4, -0.2) is 57.7 Å². The van der Waals surface area contributed by atoms with Crippen molar-refractivity contribution in [3.63, 3.8) is 0 Å². The number of rotatable bonds is 10. The lowest BCUT2D eigenvalue weighted by atomic mass is 9.60. The molecular formula is C35H39N3O6. The fourth-order valence-electron chi connectivity index (χ4n) is 7.61. The SMILES string of the molecule is CC1=C(C(=O)O)C(c2cccc([N+](=O)[O-])c2)C(CCCN2CCC(c3ccccc3)(c3ccccc3)CC2)(C(=O)O)C(C)N1. The zero-order valence-electron chi connectivity index (χ0n) is 25.1. The molecule has 44 heavy (non-hydrogen) atoms. The Kier molecular flexibility index (Phi) is 8.87. The molecule has 2 heterocycles. The van der Waals surface area contributed by atoms with E-state index in [9.17, 15) is 29.9 Å². The zero-order chi connectivity index (χ0) is 31.5. The monoisotopic (exact) mass is 597 g/mol. The number of carboxylic acids is 2. The minimum absolute atomic E-state index is 0.0699. The second kappa shape index (κ2) is 12.6. The molecule has 230 valence electrons. The van der Waals surface area contributed by atoms with Crippen molar-refractivity contribution in [2.75, 3.05) is 19.6 Å². The van der Waals surface area contributed by atoms with Crippen LogP contribution in [0, 0.1) is 15.5 Å². The molecule has 0 aromatic heterocycles. The highest BCUT2D eigenvalue weighted by molar-refractivity contribution is 5.93. The van der Waals surface area contributed by atoms with E-state index >= 15 is 0 Å². The van der Waals surface area contributed by atoms with Crippen LogP contribution in [0.1, 0.15) is 62.1 Å². The Hall–Kier alpha value is -4.50. The fourth-order valence-corrected chi connectivity index (χ4v) is 7.61. The number of carboxylic acid groups (broad SMARTS) is 2. The molecular weight excluding hydrogens is 558 g/mol. The van der Waals surface area contributed by atoms with Crippen LogP contribution in [0.5, 0.6) is 0 Å². The van der Waals surface area contributed by atoms with Gasteiger partial charge in [0, 0.05) is 35.2 Å². The van der Waals surface area contributed by atoms with E-state index in [2.05, 4.69) is 58.7 Å². The summed E-state index contributed by atoms with van der Waals surface area (Å²) in [5.41, 5.74) is 1.36. The van der Waals surface area contributed by atoms with Crippen LogP contribution >= 0.6 is 0 Å². The van der Waals surface area contributed by atoms with Gasteiger partial charge in [0.25, 0.3) is 5.69 Å². The molecule has 2 aliphatic heterocycles. The van der Waals surface area contributed by atoms with Crippen molar-refractivity contribution in [1.82, 2.24) is 10.2 Å². The van der Waals surface area contributed by atoms with Gasteiger partial charge in [-0.15, -0.1) is 0 Å². The van der Waals surface area contributed by atoms with Crippen molar-refractivity contribution >= 4 is 17.6 Å². The van der Waals surface area contributed by atoms with Gasteiger partial charge in [-0.3, -0.25) is 14.9 Å². The molecule has 3 atom stereocenters. The third-order valence-corrected chi connectivity index (χ3v) is 9.88. The number of nitro groups is 1. The maximum atomic E-state index is 13.2. The van der Waals surface area contributed by atoms with E-state index in [0.717, 1.165) is 25.9 Å². The van der Waals surface area contributed by atoms with Gasteiger partial charge in [-0.2, -0.15) is 0 Å². The van der Waals surface area contributed by atoms with Crippen LogP contribution in [0.3, 0.4) is 0 Å². The number of nitrogens with zero attached hydrogens (tertiary/aromatic N) is 2. The summed E-state index contributed by atoms with van der Waals surface area (Å²) in [5, 5.41) is 35.8. The standard InChI is InChI=1S/C35H39N3O6/c1-24-30(32(39)40)31(26-11-9-16-29(23-26)38(43)44)35(33(41)42,25(2)36-24)17-10-20-37-21-18-34(19-22-37,27-12-5-3-6-13-27)28-14-7-4-8-15-28/h3-9,11-16,23,25,31,36H,10,17-22H2,1-2H3,(H,39,40)(H,41,42). The summed E-state index contributed by atoms with van der Waals surface area (Å²) in [6.07, 6.45) is 2.57. The summed E-state index contributed by atoms with van der Waals surface area (Å²) in [4.78, 5) is 39.2. The third kappa shape index (κ3) is 5.59. The van der Waals surface area contributed by atoms with Crippen LogP contribution in [-0.2, 0) is 15.0 Å². The first-order chi connectivity index (χ1) is 21.1. The van der Waals surface area contributed by atoms with Gasteiger partial charge in [0.05, 0.1) is 15.9 Å². The fraction of sp³-hybridized carbons (Fsp3) is 0.371. The molecule has 3 aromatic rings. The number of allylic oxidation sites excluding steroid dienone is 1. The maximum absolute atomic E-state index is 13.2. The Morgan fingerprint density at radius 2 is 1.55 bits per heavy atom. The molecule has 1 fully saturated rings. The van der Waals surface area contributed by atoms with Crippen LogP contribution in [0.25, 0.3) is 0 Å². The van der Waals surface area contributed by atoms with Crippen molar-refractivity contribution in [2.24, 2.45) is 5.41 Å². The molecule has 0 bridgehead atoms. The van der Waals surface area contributed by atoms with Crippen molar-refractivity contribution in [3.8, 4) is 0 Å². The first kappa shape index (κ1) is 30.9. The molecule has 0 radical (unpaired) electrons. The summed E-state index contributed by atoms with van der Waals surface area (Å²) in [7, 11) is 0. The minimum atomic E-state index is -1.53. The van der Waals surface area contributed by atoms with E-state index in [0.29, 0.717) is 24.2 Å². The first-order valence-electron chi connectivity index (χ1n) is 15.1. The lowest BCUT2D eigenvalue weighted by molar-refractivity contribution is -0.384. The third-order valence-electron chi connectivity index (χ3n) is 9.88. The number of carbonyl (C=O) groups is 2. The average molecular weight is 598 g/mol. The lowest BCUT2D eigenvalue weighted by Crippen LogP contribution is -2.56. The summed E-state index contributed by atoms with van der Waals surface area (Å²) >= 11 is 0. The van der Waals surface area contributed by atoms with E-state index in [1.807, 2.05) is 12.1 Å². The highest BCUT2D eigenvalue weighted by atomic mass is 16.6. The van der Waals surface area contributed by atoms with Crippen LogP contribution in [0.2, 0.25) is 0 Å². The number of piperidine rings is 1. The molecule has 0 spiro atoms. The van der Waals surface area contributed by atoms with E-state index in [-0.39, 0.29) is 23.1 Å². The Morgan fingerprint density at radius 3 is 2.07 bits per heavy atom. The van der Waals surface area contributed by atoms with Crippen molar-refractivity contribution < 1.29 is 24.7 Å². The first-order valence-corrected chi connectivity index (χ1v) is 15.1. The molecule has 0 aliphatic carbocycles. The average Bonchev–Trinajstić information content (AvgIpc) is 3.02. The smallest absolute Gasteiger partial charge is 0.333 e. The maximum Gasteiger partial charge on any atom is 0.333 e. The Morgan fingerprint density at radius 1 is 0.955 bits per heavy atom. The number of benzene rings is 3. The van der Waals surface area contributed by atoms with Gasteiger partial charge in [0.1, 0.15) is 0 Å². The number of aliphatic carboxylic acids is 2. The predicted octanol–water partition coefficient (Wildman–Crippen LogP) is 5.96. The molecule has 1 saturated heterocycles. The quantitative estimate of drug-likeness (QED) is 0.193. The Bertz CT molecular complexity index is 1510. The molecule has 3 aromatic carbocycles. The van der Waals surface area contributed by atoms with E-state index in [1.165, 1.54) is 29.3 Å². The second-order valence-corrected chi connectivity index (χ2v) is 12.1. The van der Waals surface area contributed by atoms with Gasteiger partial charge in [0.2, 0.25) is 0 Å². The van der Waals surface area contributed by atoms with Gasteiger partial charge in [-0.05, 0) is 75.9 Å². The molecule has 0 amide bonds. The van der Waals surface area contributed by atoms with Crippen molar-refractivity contribution in [2.45, 2.75) is 56.9 Å². The zero-order valence-corrected chi connectivity index (χ0v) is 25.1. The van der Waals surface area contributed by atoms with Gasteiger partial charge in [-0.25, -0.2) is 4.79 Å². The summed E-state index contributed by atoms with van der Waals surface area (Å²) in [6, 6.07) is 26.3. The van der Waals surface area contributed by atoms with E-state index in [4.69, 9.17) is 0 Å². The topological polar surface area (TPSA) is 133 Å². The van der Waals surface area contributed by atoms with Crippen LogP contribution in [0.4, 0.5) is 5.69 Å². The highest BCUT2D eigenvalue weighted by Gasteiger charge is 2.56. The summed E-state index contributed by atoms with van der Waals surface area (Å²) in [5.74, 6) is -3.43. The Labute approximate surface area is 257 Å². The van der Waals surface area contributed by atoms with E-state index in [1.54, 1.807) is 19.9 Å². The highest BCUT2D eigenvalue weighted by Crippen LogP contribution is 2.51. The summed E-state index contributed by atoms with van der Waals surface area (Å²) in [6.45, 7) is 5.72. The molecule has 0 saturated carbocycles. The summed E-state index contributed by atoms with van der Waals surface area (Å²) < 4.78 is 0. The molecule has 5 rings (SSSR count). The largest absolute Gasteiger partial charge is 0.481 e. The second-order valence-electron chi connectivity index (χ2n) is 12.1. The number of non-ortho nitro benzene ring substituents is 1. The normalized spacial score (nSPS) is 23.5. The number of likely N-dealkylation sites (tertiary alicyclic amines) is 1. The van der Waals surface area contributed by atoms with Crippen molar-refractivity contribution in [3.05, 3.63) is 123 Å². The molecule has 3 N–H and O–H groups in total. The van der Waals surface area contributed by atoms with Crippen LogP contribution in [0.15, 0.2) is 96.2 Å². The lowest BCUT2D eigenvalue weighted by Gasteiger charge is -2.47. The molecule has 2 aliphatic rings. The number of nitrogens with one attached hydrogen (secondary N) is 1. The molecule has 3 unspecified atom stereocenters. The van der Waals surface area contributed by atoms with Gasteiger partial charge < -0.3 is 20.4 Å². The molecule has 9 heteroatoms. The van der Waals surface area contributed by atoms with Crippen molar-refractivity contribution in [1.29, 1.82) is 0 Å². The van der Waals surface area contributed by atoms with Gasteiger partial charge >= 0.3 is 11.9 Å². The van der Waals surface area contributed by atoms with Gasteiger partial charge in [0.15, 0.2) is 0 Å². The minimum Gasteiger partial charge on any atom is -0.481 e. The van der Waals surface area contributed by atoms with E-state index < -0.39 is 34.2 Å². The number of hydrogen-bond acceptors (Lipinski definition) is 6. The van der Waals surface area contributed by atoms with Gasteiger partial charge in [-0.1, -0.05) is 72.8 Å². The molecule has 9 nitrogen and oxygen atoms in total.